The number of carbonyl (C=O) groups is 1. The number of methoxy groups -OCH3 is 1. The minimum atomic E-state index is -1.31. The van der Waals surface area contributed by atoms with E-state index in [-0.39, 0.29) is 24.6 Å². The zero-order valence-corrected chi connectivity index (χ0v) is 21.4. The standard InChI is InChI=1S/C28H27ClF3N3O3/c1-38-19-5-7-25-20(13-19)26(22(29)14-34-25)24(33)6-4-16-8-10-35(15-21(16)28(36)37)9-2-3-17-11-18(30)12-23(31)27(17)32/h5,7,11-14,16,21,24H,4,6,8-10,15,33H2,1H3,(H,36,37)/t16?,21?,24-/m1/s1. The van der Waals surface area contributed by atoms with Crippen molar-refractivity contribution in [2.45, 2.75) is 25.3 Å². The molecule has 0 bridgehead atoms. The van der Waals surface area contributed by atoms with E-state index in [1.807, 2.05) is 17.0 Å². The van der Waals surface area contributed by atoms with Gasteiger partial charge in [0.1, 0.15) is 11.6 Å². The van der Waals surface area contributed by atoms with Gasteiger partial charge in [-0.2, -0.15) is 0 Å². The highest BCUT2D eigenvalue weighted by molar-refractivity contribution is 6.32. The minimum absolute atomic E-state index is 0.112. The molecule has 2 aromatic carbocycles. The van der Waals surface area contributed by atoms with Gasteiger partial charge in [0.2, 0.25) is 0 Å². The Morgan fingerprint density at radius 2 is 2.11 bits per heavy atom. The summed E-state index contributed by atoms with van der Waals surface area (Å²) in [5, 5.41) is 11.1. The molecule has 0 aliphatic carbocycles. The number of carboxylic acid groups (broad SMARTS) is 1. The van der Waals surface area contributed by atoms with Crippen LogP contribution in [0.5, 0.6) is 5.75 Å². The van der Waals surface area contributed by atoms with Gasteiger partial charge in [0, 0.05) is 30.2 Å². The number of piperidine rings is 1. The molecule has 6 nitrogen and oxygen atoms in total. The van der Waals surface area contributed by atoms with Gasteiger partial charge in [0.15, 0.2) is 11.6 Å². The molecule has 3 aromatic rings. The number of hydrogen-bond donors (Lipinski definition) is 2. The van der Waals surface area contributed by atoms with Gasteiger partial charge >= 0.3 is 5.97 Å². The average Bonchev–Trinajstić information content (AvgIpc) is 2.89. The van der Waals surface area contributed by atoms with E-state index in [9.17, 15) is 23.1 Å². The van der Waals surface area contributed by atoms with Crippen molar-refractivity contribution in [3.05, 3.63) is 70.1 Å². The second-order valence-corrected chi connectivity index (χ2v) is 9.77. The lowest BCUT2D eigenvalue weighted by molar-refractivity contribution is -0.146. The molecule has 1 aliphatic heterocycles. The first-order valence-electron chi connectivity index (χ1n) is 12.1. The van der Waals surface area contributed by atoms with Crippen molar-refractivity contribution in [3.8, 4) is 17.6 Å². The van der Waals surface area contributed by atoms with Crippen molar-refractivity contribution < 1.29 is 27.8 Å². The van der Waals surface area contributed by atoms with Crippen LogP contribution in [0.25, 0.3) is 10.9 Å². The SMILES string of the molecule is COc1ccc2ncc(Cl)c([C@H](N)CCC3CCN(CC#Cc4cc(F)cc(F)c4F)CC3C(=O)O)c2c1. The van der Waals surface area contributed by atoms with Gasteiger partial charge < -0.3 is 15.6 Å². The summed E-state index contributed by atoms with van der Waals surface area (Å²) in [4.78, 5) is 18.3. The molecule has 0 spiro atoms. The molecule has 10 heteroatoms. The fourth-order valence-electron chi connectivity index (χ4n) is 4.94. The predicted octanol–water partition coefficient (Wildman–Crippen LogP) is 5.17. The van der Waals surface area contributed by atoms with E-state index >= 15 is 0 Å². The van der Waals surface area contributed by atoms with Crippen LogP contribution < -0.4 is 10.5 Å². The summed E-state index contributed by atoms with van der Waals surface area (Å²) in [5.74, 6) is 0.691. The second kappa shape index (κ2) is 12.0. The first-order chi connectivity index (χ1) is 18.2. The van der Waals surface area contributed by atoms with Crippen molar-refractivity contribution >= 4 is 28.5 Å². The molecule has 1 saturated heterocycles. The van der Waals surface area contributed by atoms with Gasteiger partial charge in [-0.25, -0.2) is 13.2 Å². The number of pyridine rings is 1. The van der Waals surface area contributed by atoms with Crippen LogP contribution >= 0.6 is 11.6 Å². The maximum absolute atomic E-state index is 13.8. The monoisotopic (exact) mass is 545 g/mol. The molecule has 0 amide bonds. The van der Waals surface area contributed by atoms with E-state index in [0.717, 1.165) is 22.5 Å². The molecule has 38 heavy (non-hydrogen) atoms. The smallest absolute Gasteiger partial charge is 0.308 e. The van der Waals surface area contributed by atoms with E-state index in [1.165, 1.54) is 0 Å². The minimum Gasteiger partial charge on any atom is -0.497 e. The Balaban J connectivity index is 1.42. The van der Waals surface area contributed by atoms with Crippen molar-refractivity contribution in [3.63, 3.8) is 0 Å². The second-order valence-electron chi connectivity index (χ2n) is 9.37. The summed E-state index contributed by atoms with van der Waals surface area (Å²) in [6, 6.07) is 6.33. The molecule has 0 radical (unpaired) electrons. The lowest BCUT2D eigenvalue weighted by atomic mass is 9.81. The number of nitrogens with zero attached hydrogens (tertiary/aromatic N) is 2. The van der Waals surface area contributed by atoms with E-state index in [2.05, 4.69) is 16.8 Å². The van der Waals surface area contributed by atoms with Crippen LogP contribution in [-0.2, 0) is 4.79 Å². The van der Waals surface area contributed by atoms with Gasteiger partial charge in [0.25, 0.3) is 0 Å². The highest BCUT2D eigenvalue weighted by Gasteiger charge is 2.34. The van der Waals surface area contributed by atoms with Crippen molar-refractivity contribution in [2.24, 2.45) is 17.6 Å². The Hall–Kier alpha value is -3.32. The lowest BCUT2D eigenvalue weighted by Crippen LogP contribution is -2.44. The third-order valence-corrected chi connectivity index (χ3v) is 7.26. The van der Waals surface area contributed by atoms with Gasteiger partial charge in [0.05, 0.1) is 35.7 Å². The van der Waals surface area contributed by atoms with Crippen molar-refractivity contribution in [1.82, 2.24) is 9.88 Å². The van der Waals surface area contributed by atoms with Crippen LogP contribution in [0.1, 0.15) is 36.4 Å². The van der Waals surface area contributed by atoms with Crippen LogP contribution in [0, 0.1) is 41.1 Å². The predicted molar refractivity (Wildman–Crippen MR) is 138 cm³/mol. The number of aliphatic carboxylic acids is 1. The lowest BCUT2D eigenvalue weighted by Gasteiger charge is -2.36. The molecular weight excluding hydrogens is 519 g/mol. The molecule has 3 N–H and O–H groups in total. The zero-order valence-electron chi connectivity index (χ0n) is 20.7. The van der Waals surface area contributed by atoms with Crippen LogP contribution in [0.2, 0.25) is 5.02 Å². The Morgan fingerprint density at radius 1 is 1.32 bits per heavy atom. The molecule has 2 unspecified atom stereocenters. The number of benzene rings is 2. The summed E-state index contributed by atoms with van der Waals surface area (Å²) in [7, 11) is 1.57. The number of hydrogen-bond acceptors (Lipinski definition) is 5. The number of carboxylic acids is 1. The highest BCUT2D eigenvalue weighted by atomic mass is 35.5. The van der Waals surface area contributed by atoms with Crippen LogP contribution in [-0.4, -0.2) is 47.7 Å². The number of rotatable bonds is 7. The summed E-state index contributed by atoms with van der Waals surface area (Å²) in [6.07, 6.45) is 3.27. The maximum atomic E-state index is 13.8. The number of ether oxygens (including phenoxy) is 1. The van der Waals surface area contributed by atoms with Gasteiger partial charge in [-0.15, -0.1) is 0 Å². The molecule has 2 heterocycles. The zero-order chi connectivity index (χ0) is 27.4. The number of likely N-dealkylation sites (tertiary alicyclic amines) is 1. The first kappa shape index (κ1) is 27.7. The normalized spacial score (nSPS) is 18.6. The molecule has 1 fully saturated rings. The third-order valence-electron chi connectivity index (χ3n) is 6.96. The van der Waals surface area contributed by atoms with Crippen LogP contribution in [0.4, 0.5) is 13.2 Å². The summed E-state index contributed by atoms with van der Waals surface area (Å²) >= 11 is 6.47. The Bertz CT molecular complexity index is 1410. The van der Waals surface area contributed by atoms with Crippen LogP contribution in [0.3, 0.4) is 0 Å². The largest absolute Gasteiger partial charge is 0.497 e. The summed E-state index contributed by atoms with van der Waals surface area (Å²) < 4.78 is 45.9. The van der Waals surface area contributed by atoms with Crippen molar-refractivity contribution in [2.75, 3.05) is 26.7 Å². The van der Waals surface area contributed by atoms with E-state index in [0.29, 0.717) is 42.6 Å². The first-order valence-corrected chi connectivity index (χ1v) is 12.5. The molecule has 4 rings (SSSR count). The fourth-order valence-corrected chi connectivity index (χ4v) is 5.23. The van der Waals surface area contributed by atoms with E-state index < -0.39 is 35.4 Å². The molecule has 3 atom stereocenters. The molecule has 200 valence electrons. The van der Waals surface area contributed by atoms with Gasteiger partial charge in [-0.3, -0.25) is 14.7 Å². The third kappa shape index (κ3) is 6.21. The molecule has 1 aliphatic rings. The number of halogens is 4. The summed E-state index contributed by atoms with van der Waals surface area (Å²) in [5.41, 5.74) is 7.67. The fraction of sp³-hybridized carbons (Fsp3) is 0.357. The molecule has 1 aromatic heterocycles. The quantitative estimate of drug-likeness (QED) is 0.315. The molecular formula is C28H27ClF3N3O3. The topological polar surface area (TPSA) is 88.7 Å². The van der Waals surface area contributed by atoms with Gasteiger partial charge in [-0.05, 0) is 61.6 Å². The number of nitrogens with two attached hydrogens (primary N) is 1. The Morgan fingerprint density at radius 3 is 2.84 bits per heavy atom. The number of aromatic nitrogens is 1. The van der Waals surface area contributed by atoms with Crippen molar-refractivity contribution in [1.29, 1.82) is 0 Å². The van der Waals surface area contributed by atoms with E-state index in [1.54, 1.807) is 19.4 Å². The maximum Gasteiger partial charge on any atom is 0.308 e. The molecule has 0 saturated carbocycles. The number of fused-ring (bicyclic) bond motifs is 1. The van der Waals surface area contributed by atoms with E-state index in [4.69, 9.17) is 22.1 Å². The average molecular weight is 546 g/mol. The highest BCUT2D eigenvalue weighted by Crippen LogP contribution is 2.36. The Kier molecular flexibility index (Phi) is 8.77. The van der Waals surface area contributed by atoms with Gasteiger partial charge in [-0.1, -0.05) is 23.4 Å². The van der Waals surface area contributed by atoms with Crippen LogP contribution in [0.15, 0.2) is 36.5 Å². The Labute approximate surface area is 223 Å². The summed E-state index contributed by atoms with van der Waals surface area (Å²) in [6.45, 7) is 0.975.